The van der Waals surface area contributed by atoms with Crippen LogP contribution < -0.4 is 4.90 Å². The quantitative estimate of drug-likeness (QED) is 0.178. The third-order valence-corrected chi connectivity index (χ3v) is 11.7. The summed E-state index contributed by atoms with van der Waals surface area (Å²) in [7, 11) is 0. The van der Waals surface area contributed by atoms with Gasteiger partial charge < -0.3 is 4.90 Å². The average molecular weight is 658 g/mol. The fourth-order valence-electron chi connectivity index (χ4n) is 9.07. The minimum Gasteiger partial charge on any atom is -0.310 e. The molecule has 0 unspecified atom stereocenters. The maximum atomic E-state index is 2.52. The first-order valence-corrected chi connectivity index (χ1v) is 18.2. The number of aryl methyl sites for hydroxylation is 2. The van der Waals surface area contributed by atoms with Gasteiger partial charge in [-0.15, -0.1) is 0 Å². The Hall–Kier alpha value is -5.66. The zero-order valence-corrected chi connectivity index (χ0v) is 30.4. The highest BCUT2D eigenvalue weighted by Gasteiger charge is 2.38. The van der Waals surface area contributed by atoms with Gasteiger partial charge in [0.05, 0.1) is 5.69 Å². The van der Waals surface area contributed by atoms with Crippen LogP contribution in [0, 0.1) is 13.8 Å². The Kier molecular flexibility index (Phi) is 7.03. The number of nitrogens with zero attached hydrogens (tertiary/aromatic N) is 1. The monoisotopic (exact) mass is 657 g/mol. The lowest BCUT2D eigenvalue weighted by Crippen LogP contribution is -2.18. The molecule has 0 N–H and O–H groups in total. The van der Waals surface area contributed by atoms with Gasteiger partial charge in [0.15, 0.2) is 0 Å². The summed E-state index contributed by atoms with van der Waals surface area (Å²) in [6, 6.07) is 56.6. The predicted octanol–water partition coefficient (Wildman–Crippen LogP) is 13.7. The Balaban J connectivity index is 1.32. The molecule has 248 valence electrons. The van der Waals surface area contributed by atoms with Crippen molar-refractivity contribution in [2.75, 3.05) is 4.90 Å². The molecular weight excluding hydrogens is 615 g/mol. The van der Waals surface area contributed by atoms with Crippen LogP contribution in [0.1, 0.15) is 61.1 Å². The number of anilines is 3. The van der Waals surface area contributed by atoms with Crippen LogP contribution >= 0.6 is 0 Å². The fraction of sp³-hybridized carbons (Fsp3) is 0.160. The average Bonchev–Trinajstić information content (AvgIpc) is 3.52. The first-order chi connectivity index (χ1) is 24.6. The van der Waals surface area contributed by atoms with Gasteiger partial charge in [-0.25, -0.2) is 0 Å². The second kappa shape index (κ2) is 11.4. The standard InChI is InChI=1S/C50H43N/c1-32-15-14-16-33(2)48(32)42-29-35(34-17-8-7-9-18-34)23-28-47(42)51(36-24-26-40-38-19-10-12-21-43(38)49(3,4)45(40)30-36)37-25-27-41-39-20-11-13-22-44(39)50(5,6)46(41)31-37/h7-31H,1-6H3. The van der Waals surface area contributed by atoms with Crippen molar-refractivity contribution in [1.82, 2.24) is 0 Å². The van der Waals surface area contributed by atoms with Crippen molar-refractivity contribution in [1.29, 1.82) is 0 Å². The van der Waals surface area contributed by atoms with Gasteiger partial charge in [-0.3, -0.25) is 0 Å². The van der Waals surface area contributed by atoms with Crippen LogP contribution in [0.5, 0.6) is 0 Å². The second-order valence-electron chi connectivity index (χ2n) is 15.5. The van der Waals surface area contributed by atoms with E-state index in [-0.39, 0.29) is 10.8 Å². The van der Waals surface area contributed by atoms with Gasteiger partial charge in [0.25, 0.3) is 0 Å². The molecule has 0 bridgehead atoms. The Bertz CT molecular complexity index is 2370. The Morgan fingerprint density at radius 3 is 1.41 bits per heavy atom. The summed E-state index contributed by atoms with van der Waals surface area (Å²) in [4.78, 5) is 2.52. The lowest BCUT2D eigenvalue weighted by molar-refractivity contribution is 0.660. The van der Waals surface area contributed by atoms with Gasteiger partial charge >= 0.3 is 0 Å². The zero-order valence-electron chi connectivity index (χ0n) is 30.4. The van der Waals surface area contributed by atoms with E-state index in [2.05, 4.69) is 198 Å². The van der Waals surface area contributed by atoms with Gasteiger partial charge in [0, 0.05) is 27.8 Å². The van der Waals surface area contributed by atoms with Crippen LogP contribution in [-0.2, 0) is 10.8 Å². The smallest absolute Gasteiger partial charge is 0.0540 e. The first-order valence-electron chi connectivity index (χ1n) is 18.2. The molecule has 0 spiro atoms. The zero-order chi connectivity index (χ0) is 35.1. The number of hydrogen-bond donors (Lipinski definition) is 0. The van der Waals surface area contributed by atoms with Crippen molar-refractivity contribution in [3.05, 3.63) is 185 Å². The molecule has 2 aliphatic rings. The van der Waals surface area contributed by atoms with Gasteiger partial charge in [-0.05, 0) is 123 Å². The Labute approximate surface area is 302 Å². The topological polar surface area (TPSA) is 3.24 Å². The molecule has 9 rings (SSSR count). The second-order valence-corrected chi connectivity index (χ2v) is 15.5. The third-order valence-electron chi connectivity index (χ3n) is 11.7. The van der Waals surface area contributed by atoms with Crippen molar-refractivity contribution >= 4 is 17.1 Å². The van der Waals surface area contributed by atoms with Gasteiger partial charge in [-0.2, -0.15) is 0 Å². The molecule has 0 amide bonds. The molecule has 0 saturated carbocycles. The van der Waals surface area contributed by atoms with Crippen LogP contribution in [0.15, 0.2) is 152 Å². The predicted molar refractivity (Wildman–Crippen MR) is 217 cm³/mol. The number of fused-ring (bicyclic) bond motifs is 6. The highest BCUT2D eigenvalue weighted by molar-refractivity contribution is 5.95. The molecule has 0 heterocycles. The van der Waals surface area contributed by atoms with Crippen molar-refractivity contribution in [2.24, 2.45) is 0 Å². The minimum atomic E-state index is -0.109. The summed E-state index contributed by atoms with van der Waals surface area (Å²) in [5, 5.41) is 0. The lowest BCUT2D eigenvalue weighted by Gasteiger charge is -2.32. The molecule has 0 aliphatic heterocycles. The first kappa shape index (κ1) is 31.3. The van der Waals surface area contributed by atoms with Crippen molar-refractivity contribution in [3.63, 3.8) is 0 Å². The molecule has 7 aromatic carbocycles. The van der Waals surface area contributed by atoms with E-state index in [0.717, 1.165) is 0 Å². The molecule has 51 heavy (non-hydrogen) atoms. The summed E-state index contributed by atoms with van der Waals surface area (Å²) in [6.45, 7) is 14.0. The van der Waals surface area contributed by atoms with E-state index in [0.29, 0.717) is 0 Å². The Morgan fingerprint density at radius 1 is 0.373 bits per heavy atom. The largest absolute Gasteiger partial charge is 0.310 e. The summed E-state index contributed by atoms with van der Waals surface area (Å²) in [5.41, 5.74) is 21.7. The molecule has 0 fully saturated rings. The van der Waals surface area contributed by atoms with Crippen molar-refractivity contribution in [3.8, 4) is 44.5 Å². The molecule has 0 aromatic heterocycles. The van der Waals surface area contributed by atoms with E-state index < -0.39 is 0 Å². The van der Waals surface area contributed by atoms with E-state index in [4.69, 9.17) is 0 Å². The molecule has 0 radical (unpaired) electrons. The van der Waals surface area contributed by atoms with Crippen LogP contribution in [0.2, 0.25) is 0 Å². The highest BCUT2D eigenvalue weighted by atomic mass is 15.1. The van der Waals surface area contributed by atoms with E-state index >= 15 is 0 Å². The molecule has 7 aromatic rings. The van der Waals surface area contributed by atoms with E-state index in [9.17, 15) is 0 Å². The number of benzene rings is 7. The van der Waals surface area contributed by atoms with E-state index in [1.807, 2.05) is 0 Å². The van der Waals surface area contributed by atoms with Crippen LogP contribution in [0.4, 0.5) is 17.1 Å². The highest BCUT2D eigenvalue weighted by Crippen LogP contribution is 2.54. The van der Waals surface area contributed by atoms with Crippen LogP contribution in [0.3, 0.4) is 0 Å². The normalized spacial score (nSPS) is 14.4. The summed E-state index contributed by atoms with van der Waals surface area (Å²) < 4.78 is 0. The van der Waals surface area contributed by atoms with Crippen molar-refractivity contribution in [2.45, 2.75) is 52.4 Å². The Morgan fingerprint density at radius 2 is 0.863 bits per heavy atom. The van der Waals surface area contributed by atoms with Gasteiger partial charge in [0.2, 0.25) is 0 Å². The molecular formula is C50H43N. The molecule has 0 saturated heterocycles. The summed E-state index contributed by atoms with van der Waals surface area (Å²) in [5.74, 6) is 0. The fourth-order valence-corrected chi connectivity index (χ4v) is 9.07. The third kappa shape index (κ3) is 4.75. The van der Waals surface area contributed by atoms with Gasteiger partial charge in [0.1, 0.15) is 0 Å². The summed E-state index contributed by atoms with van der Waals surface area (Å²) >= 11 is 0. The molecule has 0 atom stereocenters. The lowest BCUT2D eigenvalue weighted by atomic mass is 9.82. The minimum absolute atomic E-state index is 0.109. The van der Waals surface area contributed by atoms with E-state index in [1.165, 1.54) is 95.0 Å². The maximum absolute atomic E-state index is 2.52. The maximum Gasteiger partial charge on any atom is 0.0540 e. The van der Waals surface area contributed by atoms with Crippen molar-refractivity contribution < 1.29 is 0 Å². The van der Waals surface area contributed by atoms with Crippen LogP contribution in [0.25, 0.3) is 44.5 Å². The molecule has 1 heteroatoms. The molecule has 1 nitrogen and oxygen atoms in total. The SMILES string of the molecule is Cc1cccc(C)c1-c1cc(-c2ccccc2)ccc1N(c1ccc2c(c1)C(C)(C)c1ccccc1-2)c1ccc2c(c1)C(C)(C)c1ccccc1-2. The van der Waals surface area contributed by atoms with Crippen LogP contribution in [-0.4, -0.2) is 0 Å². The number of hydrogen-bond acceptors (Lipinski definition) is 1. The summed E-state index contributed by atoms with van der Waals surface area (Å²) in [6.07, 6.45) is 0. The molecule has 2 aliphatic carbocycles. The van der Waals surface area contributed by atoms with E-state index in [1.54, 1.807) is 0 Å². The number of rotatable bonds is 5. The van der Waals surface area contributed by atoms with Gasteiger partial charge in [-0.1, -0.05) is 143 Å².